The largest absolute Gasteiger partial charge is 0.454 e. The summed E-state index contributed by atoms with van der Waals surface area (Å²) in [6.07, 6.45) is 1.79. The average molecular weight is 418 g/mol. The maximum atomic E-state index is 12.8. The molecule has 0 aliphatic heterocycles. The van der Waals surface area contributed by atoms with E-state index in [1.807, 2.05) is 45.0 Å². The summed E-state index contributed by atoms with van der Waals surface area (Å²) in [7, 11) is 0. The number of carbonyl (C=O) groups excluding carboxylic acids is 3. The Hall–Kier alpha value is -3.54. The summed E-state index contributed by atoms with van der Waals surface area (Å²) in [5, 5.41) is 3.66. The highest BCUT2D eigenvalue weighted by atomic mass is 16.5. The number of aryl methyl sites for hydroxylation is 2. The molecule has 31 heavy (non-hydrogen) atoms. The predicted molar refractivity (Wildman–Crippen MR) is 120 cm³/mol. The Bertz CT molecular complexity index is 1120. The van der Waals surface area contributed by atoms with Gasteiger partial charge >= 0.3 is 5.97 Å². The summed E-state index contributed by atoms with van der Waals surface area (Å²) in [6, 6.07) is 14.2. The molecule has 0 spiro atoms. The van der Waals surface area contributed by atoms with Gasteiger partial charge in [0.15, 0.2) is 12.4 Å². The van der Waals surface area contributed by atoms with Crippen LogP contribution in [-0.4, -0.2) is 29.3 Å². The molecule has 2 aromatic carbocycles. The van der Waals surface area contributed by atoms with Crippen LogP contribution in [0.1, 0.15) is 58.7 Å². The number of hydrogen-bond acceptors (Lipinski definition) is 5. The number of anilines is 1. The Kier molecular flexibility index (Phi) is 7.13. The van der Waals surface area contributed by atoms with E-state index < -0.39 is 5.97 Å². The van der Waals surface area contributed by atoms with E-state index in [1.54, 1.807) is 24.3 Å². The number of amides is 1. The molecule has 0 atom stereocenters. The fourth-order valence-corrected chi connectivity index (χ4v) is 3.44. The lowest BCUT2D eigenvalue weighted by Gasteiger charge is -2.13. The van der Waals surface area contributed by atoms with Crippen LogP contribution in [0.2, 0.25) is 0 Å². The lowest BCUT2D eigenvalue weighted by Crippen LogP contribution is -2.17. The van der Waals surface area contributed by atoms with Crippen molar-refractivity contribution >= 4 is 34.3 Å². The van der Waals surface area contributed by atoms with E-state index in [-0.39, 0.29) is 18.3 Å². The lowest BCUT2D eigenvalue weighted by atomic mass is 10.0. The SMILES string of the molecule is CCCC(=O)Nc1ccc(C(=O)COC(=O)c2c(CC)nc3ccccc3c2C)cc1. The van der Waals surface area contributed by atoms with Gasteiger partial charge in [-0.3, -0.25) is 14.6 Å². The molecule has 1 aromatic heterocycles. The summed E-state index contributed by atoms with van der Waals surface area (Å²) < 4.78 is 5.35. The molecule has 0 fully saturated rings. The van der Waals surface area contributed by atoms with Crippen molar-refractivity contribution in [2.45, 2.75) is 40.0 Å². The first-order valence-electron chi connectivity index (χ1n) is 10.4. The van der Waals surface area contributed by atoms with E-state index in [4.69, 9.17) is 4.74 Å². The smallest absolute Gasteiger partial charge is 0.340 e. The normalized spacial score (nSPS) is 10.7. The predicted octanol–water partition coefficient (Wildman–Crippen LogP) is 4.88. The quantitative estimate of drug-likeness (QED) is 0.416. The standard InChI is InChI=1S/C25H26N2O4/c1-4-8-23(29)26-18-13-11-17(12-14-18)22(28)15-31-25(30)24-16(3)19-9-6-7-10-21(19)27-20(24)5-2/h6-7,9-14H,4-5,8,15H2,1-3H3,(H,26,29). The number of esters is 1. The highest BCUT2D eigenvalue weighted by Crippen LogP contribution is 2.24. The van der Waals surface area contributed by atoms with Crippen molar-refractivity contribution < 1.29 is 19.1 Å². The molecule has 3 aromatic rings. The van der Waals surface area contributed by atoms with Gasteiger partial charge in [-0.1, -0.05) is 32.0 Å². The zero-order valence-corrected chi connectivity index (χ0v) is 18.0. The Morgan fingerprint density at radius 1 is 1.00 bits per heavy atom. The first kappa shape index (κ1) is 22.2. The second kappa shape index (κ2) is 9.98. The number of carbonyl (C=O) groups is 3. The summed E-state index contributed by atoms with van der Waals surface area (Å²) in [6.45, 7) is 5.36. The summed E-state index contributed by atoms with van der Waals surface area (Å²) in [5.41, 5.74) is 3.73. The van der Waals surface area contributed by atoms with Gasteiger partial charge in [0.05, 0.1) is 16.8 Å². The van der Waals surface area contributed by atoms with Gasteiger partial charge in [-0.2, -0.15) is 0 Å². The van der Waals surface area contributed by atoms with Crippen LogP contribution in [-0.2, 0) is 16.0 Å². The van der Waals surface area contributed by atoms with Gasteiger partial charge in [0, 0.05) is 23.1 Å². The number of Topliss-reactive ketones (excluding diaryl/α,β-unsaturated/α-hetero) is 1. The number of para-hydroxylation sites is 1. The number of pyridine rings is 1. The van der Waals surface area contributed by atoms with Gasteiger partial charge in [-0.15, -0.1) is 0 Å². The highest BCUT2D eigenvalue weighted by molar-refractivity contribution is 6.02. The minimum absolute atomic E-state index is 0.0680. The van der Waals surface area contributed by atoms with Crippen LogP contribution in [0.15, 0.2) is 48.5 Å². The Morgan fingerprint density at radius 2 is 1.71 bits per heavy atom. The van der Waals surface area contributed by atoms with Crippen molar-refractivity contribution in [3.63, 3.8) is 0 Å². The van der Waals surface area contributed by atoms with Crippen molar-refractivity contribution in [2.75, 3.05) is 11.9 Å². The number of aromatic nitrogens is 1. The number of ether oxygens (including phenoxy) is 1. The molecule has 3 rings (SSSR count). The molecule has 1 heterocycles. The number of benzene rings is 2. The zero-order chi connectivity index (χ0) is 22.4. The molecule has 1 amide bonds. The van der Waals surface area contributed by atoms with E-state index in [0.717, 1.165) is 22.9 Å². The fourth-order valence-electron chi connectivity index (χ4n) is 3.44. The third-order valence-electron chi connectivity index (χ3n) is 5.07. The van der Waals surface area contributed by atoms with Gasteiger partial charge in [0.25, 0.3) is 0 Å². The molecule has 0 radical (unpaired) electrons. The van der Waals surface area contributed by atoms with E-state index in [2.05, 4.69) is 10.3 Å². The monoisotopic (exact) mass is 418 g/mol. The molecule has 6 nitrogen and oxygen atoms in total. The fraction of sp³-hybridized carbons (Fsp3) is 0.280. The van der Waals surface area contributed by atoms with Crippen molar-refractivity contribution in [3.8, 4) is 0 Å². The molecule has 1 N–H and O–H groups in total. The Balaban J connectivity index is 1.70. The highest BCUT2D eigenvalue weighted by Gasteiger charge is 2.20. The number of nitrogens with zero attached hydrogens (tertiary/aromatic N) is 1. The third-order valence-corrected chi connectivity index (χ3v) is 5.07. The van der Waals surface area contributed by atoms with Gasteiger partial charge in [0.2, 0.25) is 5.91 Å². The number of fused-ring (bicyclic) bond motifs is 1. The molecule has 0 aliphatic carbocycles. The van der Waals surface area contributed by atoms with Crippen LogP contribution in [0, 0.1) is 6.92 Å². The summed E-state index contributed by atoms with van der Waals surface area (Å²) >= 11 is 0. The average Bonchev–Trinajstić information content (AvgIpc) is 2.77. The van der Waals surface area contributed by atoms with Gasteiger partial charge in [-0.25, -0.2) is 4.79 Å². The molecule has 0 bridgehead atoms. The number of ketones is 1. The van der Waals surface area contributed by atoms with Gasteiger partial charge in [-0.05, 0) is 55.7 Å². The van der Waals surface area contributed by atoms with Crippen LogP contribution in [0.5, 0.6) is 0 Å². The van der Waals surface area contributed by atoms with Gasteiger partial charge in [0.1, 0.15) is 0 Å². The van der Waals surface area contributed by atoms with Crippen molar-refractivity contribution in [1.82, 2.24) is 4.98 Å². The molecule has 0 unspecified atom stereocenters. The topological polar surface area (TPSA) is 85.4 Å². The van der Waals surface area contributed by atoms with Crippen LogP contribution in [0.25, 0.3) is 10.9 Å². The molecule has 160 valence electrons. The minimum Gasteiger partial charge on any atom is -0.454 e. The second-order valence-corrected chi connectivity index (χ2v) is 7.30. The van der Waals surface area contributed by atoms with Crippen LogP contribution in [0.4, 0.5) is 5.69 Å². The van der Waals surface area contributed by atoms with E-state index in [1.165, 1.54) is 0 Å². The molecule has 0 saturated carbocycles. The van der Waals surface area contributed by atoms with Crippen molar-refractivity contribution in [3.05, 3.63) is 70.9 Å². The number of nitrogens with one attached hydrogen (secondary N) is 1. The number of hydrogen-bond donors (Lipinski definition) is 1. The van der Waals surface area contributed by atoms with Crippen molar-refractivity contribution in [1.29, 1.82) is 0 Å². The maximum Gasteiger partial charge on any atom is 0.340 e. The third kappa shape index (κ3) is 5.15. The summed E-state index contributed by atoms with van der Waals surface area (Å²) in [5.74, 6) is -0.935. The van der Waals surface area contributed by atoms with Gasteiger partial charge < -0.3 is 10.1 Å². The van der Waals surface area contributed by atoms with Crippen LogP contribution < -0.4 is 5.32 Å². The molecular weight excluding hydrogens is 392 g/mol. The van der Waals surface area contributed by atoms with Crippen LogP contribution >= 0.6 is 0 Å². The summed E-state index contributed by atoms with van der Waals surface area (Å²) in [4.78, 5) is 41.5. The Labute approximate surface area is 181 Å². The van der Waals surface area contributed by atoms with E-state index in [9.17, 15) is 14.4 Å². The minimum atomic E-state index is -0.551. The van der Waals surface area contributed by atoms with Crippen LogP contribution in [0.3, 0.4) is 0 Å². The first-order valence-corrected chi connectivity index (χ1v) is 10.4. The van der Waals surface area contributed by atoms with E-state index >= 15 is 0 Å². The first-order chi connectivity index (χ1) is 14.9. The van der Waals surface area contributed by atoms with E-state index in [0.29, 0.717) is 35.3 Å². The molecular formula is C25H26N2O4. The maximum absolute atomic E-state index is 12.8. The lowest BCUT2D eigenvalue weighted by molar-refractivity contribution is -0.116. The Morgan fingerprint density at radius 3 is 2.39 bits per heavy atom. The number of rotatable bonds is 8. The second-order valence-electron chi connectivity index (χ2n) is 7.30. The molecule has 6 heteroatoms. The zero-order valence-electron chi connectivity index (χ0n) is 18.0. The molecule has 0 saturated heterocycles. The van der Waals surface area contributed by atoms with Crippen molar-refractivity contribution in [2.24, 2.45) is 0 Å². The molecule has 0 aliphatic rings.